The van der Waals surface area contributed by atoms with Gasteiger partial charge >= 0.3 is 0 Å². The van der Waals surface area contributed by atoms with Gasteiger partial charge in [-0.1, -0.05) is 30.3 Å². The quantitative estimate of drug-likeness (QED) is 0.668. The molecule has 0 amide bonds. The Morgan fingerprint density at radius 2 is 2.05 bits per heavy atom. The summed E-state index contributed by atoms with van der Waals surface area (Å²) in [6, 6.07) is 12.3. The van der Waals surface area contributed by atoms with Crippen molar-refractivity contribution in [3.05, 3.63) is 58.8 Å². The molecule has 4 nitrogen and oxygen atoms in total. The Morgan fingerprint density at radius 1 is 1.29 bits per heavy atom. The van der Waals surface area contributed by atoms with Gasteiger partial charge in [0.25, 0.3) is 0 Å². The van der Waals surface area contributed by atoms with Crippen LogP contribution in [0.15, 0.2) is 36.4 Å². The van der Waals surface area contributed by atoms with E-state index < -0.39 is 0 Å². The van der Waals surface area contributed by atoms with Crippen molar-refractivity contribution in [2.45, 2.75) is 25.8 Å². The summed E-state index contributed by atoms with van der Waals surface area (Å²) < 4.78 is 0. The smallest absolute Gasteiger partial charge is 0.139 e. The van der Waals surface area contributed by atoms with Crippen LogP contribution in [-0.4, -0.2) is 17.9 Å². The number of nitrogens with one attached hydrogen (secondary N) is 1. The Hall–Kier alpha value is -2.36. The normalized spacial score (nSPS) is 13.0. The minimum Gasteiger partial charge on any atom is -0.384 e. The summed E-state index contributed by atoms with van der Waals surface area (Å²) in [4.78, 5) is 6.85. The second-order valence-electron chi connectivity index (χ2n) is 5.57. The molecular weight excluding hydrogens is 260 g/mol. The maximum atomic E-state index is 7.82. The minimum atomic E-state index is 0.0899. The molecule has 3 rings (SSSR count). The van der Waals surface area contributed by atoms with Gasteiger partial charge in [-0.15, -0.1) is 0 Å². The average Bonchev–Trinajstić information content (AvgIpc) is 2.94. The summed E-state index contributed by atoms with van der Waals surface area (Å²) in [7, 11) is 2.00. The van der Waals surface area contributed by atoms with Crippen molar-refractivity contribution in [1.29, 1.82) is 5.41 Å². The molecule has 2 aromatic rings. The fourth-order valence-electron chi connectivity index (χ4n) is 2.88. The number of nitrogen functional groups attached to an aromatic ring is 1. The highest BCUT2D eigenvalue weighted by Gasteiger charge is 2.19. The van der Waals surface area contributed by atoms with Gasteiger partial charge in [0.05, 0.1) is 5.56 Å². The van der Waals surface area contributed by atoms with Crippen LogP contribution in [0.4, 0.5) is 5.82 Å². The Bertz CT molecular complexity index is 664. The Balaban J connectivity index is 1.95. The molecule has 0 fully saturated rings. The summed E-state index contributed by atoms with van der Waals surface area (Å²) in [5.41, 5.74) is 10.1. The van der Waals surface area contributed by atoms with Crippen molar-refractivity contribution >= 4 is 11.7 Å². The molecule has 108 valence electrons. The van der Waals surface area contributed by atoms with Crippen LogP contribution in [0.1, 0.15) is 28.8 Å². The molecule has 1 aromatic carbocycles. The van der Waals surface area contributed by atoms with Gasteiger partial charge in [0.1, 0.15) is 11.7 Å². The average molecular weight is 280 g/mol. The van der Waals surface area contributed by atoms with Crippen LogP contribution in [0.3, 0.4) is 0 Å². The summed E-state index contributed by atoms with van der Waals surface area (Å²) >= 11 is 0. The van der Waals surface area contributed by atoms with Crippen molar-refractivity contribution in [2.75, 3.05) is 11.9 Å². The number of anilines is 1. The topological polar surface area (TPSA) is 66.0 Å². The standard InChI is InChI=1S/C17H20N4/c1-21(11-12-6-3-2-4-7-12)17-14(16(18)19)10-13-8-5-9-15(13)20-17/h2-4,6-7,10H,5,8-9,11H2,1H3,(H3,18,19). The first-order chi connectivity index (χ1) is 10.1. The van der Waals surface area contributed by atoms with E-state index in [1.165, 1.54) is 11.1 Å². The van der Waals surface area contributed by atoms with E-state index in [1.807, 2.05) is 25.2 Å². The lowest BCUT2D eigenvalue weighted by atomic mass is 10.1. The molecule has 0 bridgehead atoms. The molecule has 21 heavy (non-hydrogen) atoms. The number of hydrogen-bond acceptors (Lipinski definition) is 3. The first-order valence-electron chi connectivity index (χ1n) is 7.27. The minimum absolute atomic E-state index is 0.0899. The zero-order valence-corrected chi connectivity index (χ0v) is 12.3. The molecule has 1 aliphatic rings. The van der Waals surface area contributed by atoms with E-state index in [2.05, 4.69) is 23.1 Å². The number of rotatable bonds is 4. The first kappa shape index (κ1) is 13.6. The molecule has 0 saturated carbocycles. The molecule has 0 saturated heterocycles. The second-order valence-corrected chi connectivity index (χ2v) is 5.57. The van der Waals surface area contributed by atoms with Crippen molar-refractivity contribution in [2.24, 2.45) is 5.73 Å². The van der Waals surface area contributed by atoms with Gasteiger partial charge in [0.2, 0.25) is 0 Å². The number of amidine groups is 1. The van der Waals surface area contributed by atoms with E-state index in [1.54, 1.807) is 0 Å². The largest absolute Gasteiger partial charge is 0.384 e. The summed E-state index contributed by atoms with van der Waals surface area (Å²) in [6.45, 7) is 0.757. The Kier molecular flexibility index (Phi) is 3.60. The third kappa shape index (κ3) is 2.75. The molecule has 4 heteroatoms. The Labute approximate surface area is 125 Å². The predicted octanol–water partition coefficient (Wildman–Crippen LogP) is 2.49. The third-order valence-corrected chi connectivity index (χ3v) is 3.95. The SMILES string of the molecule is CN(Cc1ccccc1)c1nc2c(cc1C(=N)N)CCC2. The predicted molar refractivity (Wildman–Crippen MR) is 85.8 cm³/mol. The van der Waals surface area contributed by atoms with Crippen LogP contribution in [0.5, 0.6) is 0 Å². The van der Waals surface area contributed by atoms with Gasteiger partial charge in [-0.3, -0.25) is 5.41 Å². The zero-order valence-electron chi connectivity index (χ0n) is 12.3. The monoisotopic (exact) mass is 280 g/mol. The molecule has 0 radical (unpaired) electrons. The van der Waals surface area contributed by atoms with Gasteiger partial charge in [0, 0.05) is 19.3 Å². The summed E-state index contributed by atoms with van der Waals surface area (Å²) in [5, 5.41) is 7.82. The molecule has 0 spiro atoms. The lowest BCUT2D eigenvalue weighted by Gasteiger charge is -2.22. The van der Waals surface area contributed by atoms with Crippen LogP contribution < -0.4 is 10.6 Å². The fraction of sp³-hybridized carbons (Fsp3) is 0.294. The number of fused-ring (bicyclic) bond motifs is 1. The van der Waals surface area contributed by atoms with E-state index in [9.17, 15) is 0 Å². The number of nitrogens with zero attached hydrogens (tertiary/aromatic N) is 2. The van der Waals surface area contributed by atoms with Gasteiger partial charge in [-0.05, 0) is 36.5 Å². The number of aryl methyl sites for hydroxylation is 2. The number of pyridine rings is 1. The molecule has 1 heterocycles. The summed E-state index contributed by atoms with van der Waals surface area (Å²) in [5.74, 6) is 0.902. The number of benzene rings is 1. The Morgan fingerprint density at radius 3 is 2.76 bits per heavy atom. The molecule has 0 aliphatic heterocycles. The van der Waals surface area contributed by atoms with Crippen molar-refractivity contribution in [1.82, 2.24) is 4.98 Å². The lowest BCUT2D eigenvalue weighted by Crippen LogP contribution is -2.24. The molecule has 3 N–H and O–H groups in total. The molecule has 0 unspecified atom stereocenters. The summed E-state index contributed by atoms with van der Waals surface area (Å²) in [6.07, 6.45) is 3.22. The second kappa shape index (κ2) is 5.56. The highest BCUT2D eigenvalue weighted by Crippen LogP contribution is 2.27. The van der Waals surface area contributed by atoms with Gasteiger partial charge in [0.15, 0.2) is 0 Å². The number of hydrogen-bond donors (Lipinski definition) is 2. The molecule has 1 aliphatic carbocycles. The van der Waals surface area contributed by atoms with Crippen LogP contribution in [-0.2, 0) is 19.4 Å². The van der Waals surface area contributed by atoms with Crippen molar-refractivity contribution in [3.63, 3.8) is 0 Å². The van der Waals surface area contributed by atoms with E-state index in [0.717, 1.165) is 42.9 Å². The van der Waals surface area contributed by atoms with Crippen molar-refractivity contribution in [3.8, 4) is 0 Å². The maximum absolute atomic E-state index is 7.82. The number of aromatic nitrogens is 1. The number of nitrogens with two attached hydrogens (primary N) is 1. The van der Waals surface area contributed by atoms with Gasteiger partial charge in [-0.2, -0.15) is 0 Å². The van der Waals surface area contributed by atoms with Crippen LogP contribution in [0, 0.1) is 5.41 Å². The van der Waals surface area contributed by atoms with Gasteiger partial charge < -0.3 is 10.6 Å². The van der Waals surface area contributed by atoms with Crippen LogP contribution >= 0.6 is 0 Å². The van der Waals surface area contributed by atoms with E-state index >= 15 is 0 Å². The molecule has 1 aromatic heterocycles. The van der Waals surface area contributed by atoms with E-state index in [-0.39, 0.29) is 5.84 Å². The zero-order chi connectivity index (χ0) is 14.8. The van der Waals surface area contributed by atoms with E-state index in [0.29, 0.717) is 0 Å². The highest BCUT2D eigenvalue weighted by molar-refractivity contribution is 5.99. The third-order valence-electron chi connectivity index (χ3n) is 3.95. The van der Waals surface area contributed by atoms with Crippen molar-refractivity contribution < 1.29 is 0 Å². The fourth-order valence-corrected chi connectivity index (χ4v) is 2.88. The van der Waals surface area contributed by atoms with E-state index in [4.69, 9.17) is 16.1 Å². The van der Waals surface area contributed by atoms with Crippen LogP contribution in [0.2, 0.25) is 0 Å². The van der Waals surface area contributed by atoms with Crippen LogP contribution in [0.25, 0.3) is 0 Å². The van der Waals surface area contributed by atoms with Gasteiger partial charge in [-0.25, -0.2) is 4.98 Å². The lowest BCUT2D eigenvalue weighted by molar-refractivity contribution is 0.872. The molecular formula is C17H20N4. The highest BCUT2D eigenvalue weighted by atomic mass is 15.2. The molecule has 0 atom stereocenters. The first-order valence-corrected chi connectivity index (χ1v) is 7.27. The maximum Gasteiger partial charge on any atom is 0.139 e.